The molecule has 0 aliphatic heterocycles. The summed E-state index contributed by atoms with van der Waals surface area (Å²) in [4.78, 5) is 21.0. The van der Waals surface area contributed by atoms with Crippen LogP contribution in [-0.4, -0.2) is 23.7 Å². The van der Waals surface area contributed by atoms with E-state index in [4.69, 9.17) is 14.6 Å². The Morgan fingerprint density at radius 2 is 1.71 bits per heavy atom. The Morgan fingerprint density at radius 1 is 1.07 bits per heavy atom. The molecular weight excluding hydrogens is 356 g/mol. The first-order valence-corrected chi connectivity index (χ1v) is 8.92. The Kier molecular flexibility index (Phi) is 10.5. The van der Waals surface area contributed by atoms with Gasteiger partial charge in [-0.05, 0) is 42.7 Å². The topological polar surface area (TPSA) is 72.8 Å². The molecular formula is C23H26O5. The maximum Gasteiger partial charge on any atom is 0.333 e. The van der Waals surface area contributed by atoms with Crippen LogP contribution in [0.5, 0.6) is 5.75 Å². The molecule has 0 aliphatic carbocycles. The summed E-state index contributed by atoms with van der Waals surface area (Å²) in [5.41, 5.74) is 2.40. The van der Waals surface area contributed by atoms with Crippen molar-refractivity contribution in [1.82, 2.24) is 0 Å². The van der Waals surface area contributed by atoms with Gasteiger partial charge >= 0.3 is 11.9 Å². The van der Waals surface area contributed by atoms with E-state index in [0.29, 0.717) is 18.8 Å². The van der Waals surface area contributed by atoms with Gasteiger partial charge in [0.2, 0.25) is 0 Å². The zero-order chi connectivity index (χ0) is 20.8. The summed E-state index contributed by atoms with van der Waals surface area (Å²) >= 11 is 0. The number of aliphatic carboxylic acids is 1. The Balaban J connectivity index is 0.000000370. The van der Waals surface area contributed by atoms with Crippen LogP contribution in [0.3, 0.4) is 0 Å². The van der Waals surface area contributed by atoms with E-state index in [-0.39, 0.29) is 5.97 Å². The van der Waals surface area contributed by atoms with E-state index in [9.17, 15) is 9.59 Å². The summed E-state index contributed by atoms with van der Waals surface area (Å²) in [5.74, 6) is -0.488. The van der Waals surface area contributed by atoms with E-state index >= 15 is 0 Å². The van der Waals surface area contributed by atoms with Crippen LogP contribution >= 0.6 is 0 Å². The number of hydrogen-bond acceptors (Lipinski definition) is 4. The number of rotatable bonds is 8. The van der Waals surface area contributed by atoms with Crippen LogP contribution in [0, 0.1) is 0 Å². The van der Waals surface area contributed by atoms with Crippen LogP contribution in [-0.2, 0) is 20.9 Å². The van der Waals surface area contributed by atoms with E-state index in [1.54, 1.807) is 13.0 Å². The van der Waals surface area contributed by atoms with Crippen molar-refractivity contribution in [2.45, 2.75) is 26.9 Å². The molecule has 0 aliphatic rings. The Bertz CT molecular complexity index is 776. The molecule has 2 aromatic carbocycles. The van der Waals surface area contributed by atoms with E-state index in [1.807, 2.05) is 61.5 Å². The number of carbonyl (C=O) groups excluding carboxylic acids is 1. The first-order chi connectivity index (χ1) is 13.4. The van der Waals surface area contributed by atoms with E-state index < -0.39 is 5.97 Å². The highest BCUT2D eigenvalue weighted by Crippen LogP contribution is 2.15. The predicted octanol–water partition coefficient (Wildman–Crippen LogP) is 4.88. The number of carboxylic acids is 1. The first-order valence-electron chi connectivity index (χ1n) is 8.92. The second kappa shape index (κ2) is 12.9. The molecule has 5 heteroatoms. The van der Waals surface area contributed by atoms with Gasteiger partial charge in [-0.25, -0.2) is 9.59 Å². The van der Waals surface area contributed by atoms with Crippen LogP contribution in [0.4, 0.5) is 0 Å². The standard InChI is InChI=1S/C16H14O3.C7H12O2/c17-16(18)11-8-13-6-9-15(10-7-13)19-12-14-4-2-1-3-5-14;1-4-5-9-7(8)6(2)3/h1-11H,12H2,(H,17,18);2,4-5H2,1,3H3. The maximum absolute atomic E-state index is 10.6. The second-order valence-corrected chi connectivity index (χ2v) is 5.93. The lowest BCUT2D eigenvalue weighted by Crippen LogP contribution is -2.04. The number of carbonyl (C=O) groups is 2. The normalized spacial score (nSPS) is 9.93. The predicted molar refractivity (Wildman–Crippen MR) is 110 cm³/mol. The summed E-state index contributed by atoms with van der Waals surface area (Å²) in [7, 11) is 0. The number of benzene rings is 2. The van der Waals surface area contributed by atoms with Gasteiger partial charge in [-0.15, -0.1) is 0 Å². The lowest BCUT2D eigenvalue weighted by atomic mass is 10.2. The third-order valence-corrected chi connectivity index (χ3v) is 3.33. The van der Waals surface area contributed by atoms with Crippen molar-refractivity contribution in [3.8, 4) is 5.75 Å². The molecule has 1 N–H and O–H groups in total. The van der Waals surface area contributed by atoms with Gasteiger partial charge in [-0.3, -0.25) is 0 Å². The molecule has 0 unspecified atom stereocenters. The molecule has 0 spiro atoms. The minimum absolute atomic E-state index is 0.295. The Hall–Kier alpha value is -3.34. The molecule has 0 aromatic heterocycles. The first kappa shape index (κ1) is 22.7. The number of ether oxygens (including phenoxy) is 2. The van der Waals surface area contributed by atoms with Gasteiger partial charge in [-0.2, -0.15) is 0 Å². The van der Waals surface area contributed by atoms with Crippen molar-refractivity contribution in [2.24, 2.45) is 0 Å². The number of hydrogen-bond donors (Lipinski definition) is 1. The average molecular weight is 382 g/mol. The van der Waals surface area contributed by atoms with Crippen molar-refractivity contribution >= 4 is 18.0 Å². The van der Waals surface area contributed by atoms with E-state index in [0.717, 1.165) is 29.4 Å². The van der Waals surface area contributed by atoms with Crippen molar-refractivity contribution < 1.29 is 24.2 Å². The molecule has 5 nitrogen and oxygen atoms in total. The second-order valence-electron chi connectivity index (χ2n) is 5.93. The van der Waals surface area contributed by atoms with Gasteiger partial charge in [0.25, 0.3) is 0 Å². The van der Waals surface area contributed by atoms with Crippen LogP contribution in [0.15, 0.2) is 72.8 Å². The molecule has 2 aromatic rings. The van der Waals surface area contributed by atoms with Crippen molar-refractivity contribution in [3.05, 3.63) is 84.0 Å². The zero-order valence-corrected chi connectivity index (χ0v) is 16.3. The minimum Gasteiger partial charge on any atom is -0.489 e. The van der Waals surface area contributed by atoms with Crippen molar-refractivity contribution in [2.75, 3.05) is 6.61 Å². The number of carboxylic acid groups (broad SMARTS) is 1. The molecule has 0 bridgehead atoms. The fourth-order valence-corrected chi connectivity index (χ4v) is 1.90. The smallest absolute Gasteiger partial charge is 0.333 e. The lowest BCUT2D eigenvalue weighted by molar-refractivity contribution is -0.139. The van der Waals surface area contributed by atoms with Crippen LogP contribution in [0.2, 0.25) is 0 Å². The van der Waals surface area contributed by atoms with Crippen LogP contribution < -0.4 is 4.74 Å². The molecule has 0 radical (unpaired) electrons. The molecule has 0 saturated heterocycles. The number of esters is 1. The Morgan fingerprint density at radius 3 is 2.25 bits per heavy atom. The van der Waals surface area contributed by atoms with Gasteiger partial charge in [0.1, 0.15) is 12.4 Å². The average Bonchev–Trinajstić information content (AvgIpc) is 2.70. The van der Waals surface area contributed by atoms with Gasteiger partial charge in [0, 0.05) is 11.6 Å². The molecule has 28 heavy (non-hydrogen) atoms. The van der Waals surface area contributed by atoms with E-state index in [1.165, 1.54) is 0 Å². The lowest BCUT2D eigenvalue weighted by Gasteiger charge is -2.06. The molecule has 2 rings (SSSR count). The summed E-state index contributed by atoms with van der Waals surface area (Å²) in [6.45, 7) is 8.03. The summed E-state index contributed by atoms with van der Waals surface area (Å²) in [6.07, 6.45) is 3.52. The summed E-state index contributed by atoms with van der Waals surface area (Å²) in [6, 6.07) is 17.2. The highest BCUT2D eigenvalue weighted by molar-refractivity contribution is 5.86. The highest BCUT2D eigenvalue weighted by atomic mass is 16.5. The van der Waals surface area contributed by atoms with Crippen molar-refractivity contribution in [3.63, 3.8) is 0 Å². The summed E-state index contributed by atoms with van der Waals surface area (Å²) < 4.78 is 10.3. The minimum atomic E-state index is -0.954. The zero-order valence-electron chi connectivity index (χ0n) is 16.3. The largest absolute Gasteiger partial charge is 0.489 e. The fourth-order valence-electron chi connectivity index (χ4n) is 1.90. The fraction of sp³-hybridized carbons (Fsp3) is 0.217. The van der Waals surface area contributed by atoms with E-state index in [2.05, 4.69) is 6.58 Å². The molecule has 0 heterocycles. The molecule has 0 fully saturated rings. The highest BCUT2D eigenvalue weighted by Gasteiger charge is 1.99. The van der Waals surface area contributed by atoms with Gasteiger partial charge < -0.3 is 14.6 Å². The van der Waals surface area contributed by atoms with Gasteiger partial charge in [0.15, 0.2) is 0 Å². The molecule has 148 valence electrons. The Labute approximate surface area is 165 Å². The quantitative estimate of drug-likeness (QED) is 0.520. The SMILES string of the molecule is C=C(C)C(=O)OCCC.O=C(O)C=Cc1ccc(OCc2ccccc2)cc1. The molecule has 0 atom stereocenters. The van der Waals surface area contributed by atoms with Crippen LogP contribution in [0.1, 0.15) is 31.4 Å². The molecule has 0 saturated carbocycles. The third-order valence-electron chi connectivity index (χ3n) is 3.33. The van der Waals surface area contributed by atoms with Crippen molar-refractivity contribution in [1.29, 1.82) is 0 Å². The maximum atomic E-state index is 10.6. The molecule has 0 amide bonds. The van der Waals surface area contributed by atoms with Gasteiger partial charge in [-0.1, -0.05) is 56.0 Å². The summed E-state index contributed by atoms with van der Waals surface area (Å²) in [5, 5.41) is 8.53. The monoisotopic (exact) mass is 382 g/mol. The van der Waals surface area contributed by atoms with Crippen LogP contribution in [0.25, 0.3) is 6.08 Å². The third kappa shape index (κ3) is 9.97. The van der Waals surface area contributed by atoms with Gasteiger partial charge in [0.05, 0.1) is 6.61 Å².